The van der Waals surface area contributed by atoms with Crippen LogP contribution in [0.15, 0.2) is 33.3 Å². The van der Waals surface area contributed by atoms with Crippen LogP contribution in [0, 0.1) is 18.8 Å². The van der Waals surface area contributed by atoms with Crippen LogP contribution in [-0.4, -0.2) is 50.2 Å². The first-order valence-corrected chi connectivity index (χ1v) is 11.9. The van der Waals surface area contributed by atoms with E-state index in [2.05, 4.69) is 15.5 Å². The molecule has 2 aromatic rings. The van der Waals surface area contributed by atoms with E-state index in [0.29, 0.717) is 31.6 Å². The number of allylic oxidation sites excluding steroid dienone is 3. The van der Waals surface area contributed by atoms with Crippen LogP contribution in [0.3, 0.4) is 0 Å². The second-order valence-electron chi connectivity index (χ2n) is 9.78. The number of hydrogen-bond donors (Lipinski definition) is 2. The number of aryl methyl sites for hydroxylation is 1. The molecule has 0 saturated heterocycles. The Labute approximate surface area is 205 Å². The molecule has 2 aromatic heterocycles. The Morgan fingerprint density at radius 3 is 2.86 bits per heavy atom. The van der Waals surface area contributed by atoms with Crippen LogP contribution in [0.25, 0.3) is 0 Å². The molecule has 12 heteroatoms. The van der Waals surface area contributed by atoms with Gasteiger partial charge in [-0.15, -0.1) is 10.2 Å². The summed E-state index contributed by atoms with van der Waals surface area (Å²) in [6.45, 7) is 2.18. The number of amides is 2. The second-order valence-corrected chi connectivity index (χ2v) is 9.78. The highest BCUT2D eigenvalue weighted by Gasteiger charge is 2.58. The monoisotopic (exact) mass is 499 g/mol. The van der Waals surface area contributed by atoms with Gasteiger partial charge in [-0.25, -0.2) is 13.8 Å². The molecule has 190 valence electrons. The quantitative estimate of drug-likeness (QED) is 0.587. The van der Waals surface area contributed by atoms with Gasteiger partial charge in [-0.05, 0) is 49.7 Å². The molecule has 2 aliphatic carbocycles. The van der Waals surface area contributed by atoms with Crippen molar-refractivity contribution in [2.45, 2.75) is 44.7 Å². The molecule has 2 N–H and O–H groups in total. The van der Waals surface area contributed by atoms with E-state index < -0.39 is 28.7 Å². The van der Waals surface area contributed by atoms with Gasteiger partial charge in [0.1, 0.15) is 11.4 Å². The van der Waals surface area contributed by atoms with Gasteiger partial charge in [0.25, 0.3) is 17.5 Å². The number of carbonyl (C=O) groups is 2. The Morgan fingerprint density at radius 2 is 2.19 bits per heavy atom. The predicted octanol–water partition coefficient (Wildman–Crippen LogP) is 1.01. The maximum Gasteiger partial charge on any atom is 0.380 e. The molecule has 0 aromatic carbocycles. The van der Waals surface area contributed by atoms with Crippen LogP contribution in [0.1, 0.15) is 58.6 Å². The minimum atomic E-state index is -0.909. The summed E-state index contributed by atoms with van der Waals surface area (Å²) in [5.74, 6) is -1.51. The van der Waals surface area contributed by atoms with E-state index in [1.165, 1.54) is 26.2 Å². The lowest BCUT2D eigenvalue weighted by molar-refractivity contribution is -0.692. The number of nitrogens with one attached hydrogen (secondary N) is 1. The summed E-state index contributed by atoms with van der Waals surface area (Å²) in [4.78, 5) is 41.3. The van der Waals surface area contributed by atoms with Crippen LogP contribution in [0.2, 0.25) is 0 Å². The maximum absolute atomic E-state index is 13.3. The van der Waals surface area contributed by atoms with E-state index in [9.17, 15) is 23.9 Å². The number of halogens is 1. The summed E-state index contributed by atoms with van der Waals surface area (Å²) in [7, 11) is 3.23. The maximum atomic E-state index is 13.3. The largest absolute Gasteiger partial charge is 0.498 e. The summed E-state index contributed by atoms with van der Waals surface area (Å²) in [5.41, 5.74) is -1.78. The highest BCUT2D eigenvalue weighted by Crippen LogP contribution is 2.49. The molecular formula is C24H28FN6O5+. The van der Waals surface area contributed by atoms with Crippen molar-refractivity contribution in [1.82, 2.24) is 25.0 Å². The molecule has 11 nitrogen and oxygen atoms in total. The van der Waals surface area contributed by atoms with Crippen LogP contribution in [0.5, 0.6) is 5.75 Å². The summed E-state index contributed by atoms with van der Waals surface area (Å²) in [6.07, 6.45) is 6.81. The van der Waals surface area contributed by atoms with Crippen molar-refractivity contribution in [3.05, 3.63) is 57.7 Å². The standard InChI is InChI=1S/C24H27FN6O5/c1-13-27-28-20(36-13)22(35)30(3)24-9-8-15(10-24)12-31-21(34)18(32)17(29(2)23(24)31)19(33)26-11-14-4-6-16(25)7-5-14/h4,6-7,14-15H,5,8-12H2,1-3H3,(H-,26,32,33)/p+1. The summed E-state index contributed by atoms with van der Waals surface area (Å²) < 4.78 is 21.6. The summed E-state index contributed by atoms with van der Waals surface area (Å²) in [6, 6.07) is 0. The first-order valence-electron chi connectivity index (χ1n) is 11.9. The van der Waals surface area contributed by atoms with E-state index in [4.69, 9.17) is 4.42 Å². The van der Waals surface area contributed by atoms with E-state index >= 15 is 0 Å². The second kappa shape index (κ2) is 8.68. The molecular weight excluding hydrogens is 471 g/mol. The molecule has 2 amide bonds. The van der Waals surface area contributed by atoms with Crippen molar-refractivity contribution in [3.8, 4) is 5.75 Å². The van der Waals surface area contributed by atoms with E-state index in [1.807, 2.05) is 0 Å². The van der Waals surface area contributed by atoms with Gasteiger partial charge >= 0.3 is 17.4 Å². The first-order chi connectivity index (χ1) is 17.1. The van der Waals surface area contributed by atoms with Crippen LogP contribution >= 0.6 is 0 Å². The molecule has 3 heterocycles. The van der Waals surface area contributed by atoms with Crippen LogP contribution in [-0.2, 0) is 19.1 Å². The molecule has 3 unspecified atom stereocenters. The molecule has 5 rings (SSSR count). The first kappa shape index (κ1) is 23.9. The Bertz CT molecular complexity index is 1380. The van der Waals surface area contributed by atoms with Crippen molar-refractivity contribution in [2.24, 2.45) is 18.9 Å². The Kier molecular flexibility index (Phi) is 5.76. The van der Waals surface area contributed by atoms with Gasteiger partial charge in [0, 0.05) is 20.5 Å². The normalized spacial score (nSPS) is 24.3. The highest BCUT2D eigenvalue weighted by molar-refractivity contribution is 5.93. The van der Waals surface area contributed by atoms with Gasteiger partial charge in [0.2, 0.25) is 11.6 Å². The zero-order valence-electron chi connectivity index (χ0n) is 20.3. The molecule has 2 bridgehead atoms. The van der Waals surface area contributed by atoms with E-state index in [-0.39, 0.29) is 41.7 Å². The predicted molar refractivity (Wildman–Crippen MR) is 122 cm³/mol. The average Bonchev–Trinajstić information content (AvgIpc) is 3.45. The lowest BCUT2D eigenvalue weighted by Gasteiger charge is -2.38. The Morgan fingerprint density at radius 1 is 1.42 bits per heavy atom. The molecule has 1 aliphatic heterocycles. The lowest BCUT2D eigenvalue weighted by Crippen LogP contribution is -2.61. The number of fused-ring (bicyclic) bond motifs is 4. The molecule has 1 fully saturated rings. The number of aromatic nitrogens is 4. The van der Waals surface area contributed by atoms with Crippen molar-refractivity contribution in [2.75, 3.05) is 13.6 Å². The molecule has 3 aliphatic rings. The van der Waals surface area contributed by atoms with Gasteiger partial charge in [0.05, 0.1) is 13.6 Å². The minimum absolute atomic E-state index is 0.108. The molecule has 36 heavy (non-hydrogen) atoms. The number of aromatic hydroxyl groups is 1. The van der Waals surface area contributed by atoms with Crippen molar-refractivity contribution in [3.63, 3.8) is 0 Å². The zero-order chi connectivity index (χ0) is 25.8. The van der Waals surface area contributed by atoms with Crippen molar-refractivity contribution >= 4 is 11.8 Å². The fourth-order valence-corrected chi connectivity index (χ4v) is 5.78. The smallest absolute Gasteiger partial charge is 0.380 e. The number of rotatable bonds is 5. The van der Waals surface area contributed by atoms with E-state index in [1.54, 1.807) is 27.1 Å². The zero-order valence-corrected chi connectivity index (χ0v) is 20.3. The molecule has 3 atom stereocenters. The van der Waals surface area contributed by atoms with Gasteiger partial charge in [-0.1, -0.05) is 6.08 Å². The van der Waals surface area contributed by atoms with Gasteiger partial charge in [-0.2, -0.15) is 4.57 Å². The third-order valence-electron chi connectivity index (χ3n) is 7.57. The van der Waals surface area contributed by atoms with Crippen LogP contribution < -0.4 is 15.4 Å². The fourth-order valence-electron chi connectivity index (χ4n) is 5.78. The molecule has 0 radical (unpaired) electrons. The third kappa shape index (κ3) is 3.71. The topological polar surface area (TPSA) is 134 Å². The minimum Gasteiger partial charge on any atom is -0.498 e. The van der Waals surface area contributed by atoms with Gasteiger partial charge in [0.15, 0.2) is 0 Å². The average molecular weight is 500 g/mol. The lowest BCUT2D eigenvalue weighted by atomic mass is 9.88. The fraction of sp³-hybridized carbons (Fsp3) is 0.500. The summed E-state index contributed by atoms with van der Waals surface area (Å²) >= 11 is 0. The van der Waals surface area contributed by atoms with Gasteiger partial charge in [-0.3, -0.25) is 9.59 Å². The molecule has 0 spiro atoms. The third-order valence-corrected chi connectivity index (χ3v) is 7.57. The number of hydrogen-bond acceptors (Lipinski definition) is 7. The van der Waals surface area contributed by atoms with Crippen molar-refractivity contribution in [1.29, 1.82) is 0 Å². The van der Waals surface area contributed by atoms with E-state index in [0.717, 1.165) is 6.42 Å². The van der Waals surface area contributed by atoms with Crippen LogP contribution in [0.4, 0.5) is 4.39 Å². The number of nitrogens with zero attached hydrogens (tertiary/aromatic N) is 5. The highest BCUT2D eigenvalue weighted by atomic mass is 19.1. The molecule has 1 saturated carbocycles. The van der Waals surface area contributed by atoms with Crippen molar-refractivity contribution < 1.29 is 28.1 Å². The SMILES string of the molecule is Cc1nnc(C(=O)N(C)C23CCC(Cn4c2[n+](C)c(C(=O)NCC2C=CC(F)=CC2)c(O)c4=O)C3)o1. The Hall–Kier alpha value is -3.83. The van der Waals surface area contributed by atoms with Gasteiger partial charge < -0.3 is 19.7 Å². The number of carbonyl (C=O) groups excluding carboxylic acids is 2. The summed E-state index contributed by atoms with van der Waals surface area (Å²) in [5, 5.41) is 21.1. The Balaban J connectivity index is 1.53.